The number of hydrogen-bond acceptors (Lipinski definition) is 5. The summed E-state index contributed by atoms with van der Waals surface area (Å²) in [5.41, 5.74) is 0.00869. The first-order chi connectivity index (χ1) is 9.29. The van der Waals surface area contributed by atoms with Crippen LogP contribution in [0, 0.1) is 10.1 Å². The first-order valence-corrected chi connectivity index (χ1v) is 6.49. The van der Waals surface area contributed by atoms with Gasteiger partial charge in [0.15, 0.2) is 0 Å². The molecule has 1 aromatic rings. The Kier molecular flexibility index (Phi) is 5.49. The van der Waals surface area contributed by atoms with E-state index in [4.69, 9.17) is 4.74 Å². The normalized spacial score (nSPS) is 10.9. The van der Waals surface area contributed by atoms with Crippen LogP contribution in [0.3, 0.4) is 0 Å². The van der Waals surface area contributed by atoms with Gasteiger partial charge in [-0.05, 0) is 33.3 Å². The quantitative estimate of drug-likeness (QED) is 0.374. The third-order valence-electron chi connectivity index (χ3n) is 2.39. The van der Waals surface area contributed by atoms with Gasteiger partial charge in [0.05, 0.1) is 4.92 Å². The molecule has 0 fully saturated rings. The summed E-state index contributed by atoms with van der Waals surface area (Å²) in [5, 5.41) is 13.8. The van der Waals surface area contributed by atoms with E-state index in [1.165, 1.54) is 6.07 Å². The molecule has 0 spiro atoms. The predicted octanol–water partition coefficient (Wildman–Crippen LogP) is 3.13. The van der Waals surface area contributed by atoms with E-state index in [2.05, 4.69) is 5.32 Å². The molecule has 0 amide bonds. The molecule has 0 saturated carbocycles. The maximum atomic E-state index is 11.5. The number of carbonyl (C=O) groups excluding carboxylic acids is 1. The zero-order valence-corrected chi connectivity index (χ0v) is 12.0. The zero-order chi connectivity index (χ0) is 15.2. The van der Waals surface area contributed by atoms with Crippen molar-refractivity contribution in [3.05, 3.63) is 34.4 Å². The van der Waals surface area contributed by atoms with Crippen molar-refractivity contribution < 1.29 is 14.5 Å². The minimum Gasteiger partial charge on any atom is -0.460 e. The van der Waals surface area contributed by atoms with Gasteiger partial charge in [0, 0.05) is 19.0 Å². The second-order valence-electron chi connectivity index (χ2n) is 5.39. The monoisotopic (exact) mass is 280 g/mol. The molecule has 1 aromatic carbocycles. The summed E-state index contributed by atoms with van der Waals surface area (Å²) < 4.78 is 5.18. The summed E-state index contributed by atoms with van der Waals surface area (Å²) in [7, 11) is 0. The van der Waals surface area contributed by atoms with E-state index in [9.17, 15) is 14.9 Å². The van der Waals surface area contributed by atoms with Gasteiger partial charge in [0.2, 0.25) is 0 Å². The van der Waals surface area contributed by atoms with Gasteiger partial charge in [-0.3, -0.25) is 14.9 Å². The number of anilines is 1. The van der Waals surface area contributed by atoms with Crippen LogP contribution in [0.1, 0.15) is 33.6 Å². The summed E-state index contributed by atoms with van der Waals surface area (Å²) >= 11 is 0. The number of hydrogen-bond donors (Lipinski definition) is 1. The molecule has 110 valence electrons. The average Bonchev–Trinajstić information content (AvgIpc) is 2.33. The maximum Gasteiger partial charge on any atom is 0.306 e. The summed E-state index contributed by atoms with van der Waals surface area (Å²) in [6, 6.07) is 6.43. The SMILES string of the molecule is CC(C)(C)OC(=O)CCCNc1ccccc1[N+](=O)[O-]. The molecule has 1 N–H and O–H groups in total. The van der Waals surface area contributed by atoms with Gasteiger partial charge >= 0.3 is 5.97 Å². The standard InChI is InChI=1S/C14H20N2O4/c1-14(2,3)20-13(17)9-6-10-15-11-7-4-5-8-12(11)16(18)19/h4-5,7-8,15H,6,9-10H2,1-3H3. The largest absolute Gasteiger partial charge is 0.460 e. The van der Waals surface area contributed by atoms with Crippen molar-refractivity contribution in [1.29, 1.82) is 0 Å². The summed E-state index contributed by atoms with van der Waals surface area (Å²) in [6.07, 6.45) is 0.839. The molecule has 20 heavy (non-hydrogen) atoms. The molecule has 0 unspecified atom stereocenters. The van der Waals surface area contributed by atoms with Gasteiger partial charge in [-0.15, -0.1) is 0 Å². The number of esters is 1. The molecule has 0 bridgehead atoms. The maximum absolute atomic E-state index is 11.5. The lowest BCUT2D eigenvalue weighted by Gasteiger charge is -2.19. The Morgan fingerprint density at radius 2 is 2.00 bits per heavy atom. The van der Waals surface area contributed by atoms with Crippen LogP contribution in [-0.2, 0) is 9.53 Å². The number of carbonyl (C=O) groups is 1. The summed E-state index contributed by atoms with van der Waals surface area (Å²) in [5.74, 6) is -0.262. The molecule has 0 aliphatic carbocycles. The second-order valence-corrected chi connectivity index (χ2v) is 5.39. The number of nitro benzene ring substituents is 1. The molecule has 0 saturated heterocycles. The molecule has 0 radical (unpaired) electrons. The van der Waals surface area contributed by atoms with Crippen LogP contribution in [-0.4, -0.2) is 23.0 Å². The van der Waals surface area contributed by atoms with Crippen molar-refractivity contribution in [3.63, 3.8) is 0 Å². The van der Waals surface area contributed by atoms with E-state index in [-0.39, 0.29) is 18.1 Å². The van der Waals surface area contributed by atoms with Crippen molar-refractivity contribution in [2.45, 2.75) is 39.2 Å². The fraction of sp³-hybridized carbons (Fsp3) is 0.500. The third-order valence-corrected chi connectivity index (χ3v) is 2.39. The highest BCUT2D eigenvalue weighted by atomic mass is 16.6. The number of nitrogens with zero attached hydrogens (tertiary/aromatic N) is 1. The van der Waals surface area contributed by atoms with Crippen LogP contribution in [0.4, 0.5) is 11.4 Å². The van der Waals surface area contributed by atoms with Crippen LogP contribution in [0.5, 0.6) is 0 Å². The number of ether oxygens (including phenoxy) is 1. The molecule has 0 aliphatic heterocycles. The number of nitro groups is 1. The lowest BCUT2D eigenvalue weighted by molar-refractivity contribution is -0.384. The Balaban J connectivity index is 2.39. The molecule has 0 aliphatic rings. The van der Waals surface area contributed by atoms with Crippen molar-refractivity contribution in [3.8, 4) is 0 Å². The van der Waals surface area contributed by atoms with Crippen molar-refractivity contribution >= 4 is 17.3 Å². The average molecular weight is 280 g/mol. The Labute approximate surface area is 118 Å². The van der Waals surface area contributed by atoms with E-state index < -0.39 is 10.5 Å². The van der Waals surface area contributed by atoms with Gasteiger partial charge in [-0.2, -0.15) is 0 Å². The Hall–Kier alpha value is -2.11. The number of benzene rings is 1. The first kappa shape index (κ1) is 15.9. The number of nitrogens with one attached hydrogen (secondary N) is 1. The molecule has 6 nitrogen and oxygen atoms in total. The van der Waals surface area contributed by atoms with Crippen molar-refractivity contribution in [2.75, 3.05) is 11.9 Å². The number of rotatable bonds is 6. The topological polar surface area (TPSA) is 81.5 Å². The van der Waals surface area contributed by atoms with Crippen LogP contribution >= 0.6 is 0 Å². The minimum absolute atomic E-state index is 0.0322. The fourth-order valence-corrected chi connectivity index (χ4v) is 1.63. The van der Waals surface area contributed by atoms with Crippen LogP contribution in [0.25, 0.3) is 0 Å². The van der Waals surface area contributed by atoms with Gasteiger partial charge in [0.25, 0.3) is 5.69 Å². The highest BCUT2D eigenvalue weighted by Crippen LogP contribution is 2.23. The molecular weight excluding hydrogens is 260 g/mol. The Morgan fingerprint density at radius 1 is 1.35 bits per heavy atom. The van der Waals surface area contributed by atoms with E-state index in [0.29, 0.717) is 18.7 Å². The molecule has 0 heterocycles. The van der Waals surface area contributed by atoms with E-state index in [0.717, 1.165) is 0 Å². The fourth-order valence-electron chi connectivity index (χ4n) is 1.63. The first-order valence-electron chi connectivity index (χ1n) is 6.49. The van der Waals surface area contributed by atoms with Gasteiger partial charge in [-0.25, -0.2) is 0 Å². The Morgan fingerprint density at radius 3 is 2.60 bits per heavy atom. The van der Waals surface area contributed by atoms with Crippen LogP contribution in [0.2, 0.25) is 0 Å². The van der Waals surface area contributed by atoms with Gasteiger partial charge < -0.3 is 10.1 Å². The van der Waals surface area contributed by atoms with E-state index in [1.54, 1.807) is 18.2 Å². The van der Waals surface area contributed by atoms with Crippen molar-refractivity contribution in [1.82, 2.24) is 0 Å². The molecule has 6 heteroatoms. The minimum atomic E-state index is -0.483. The molecule has 1 rings (SSSR count). The lowest BCUT2D eigenvalue weighted by Crippen LogP contribution is -2.24. The summed E-state index contributed by atoms with van der Waals surface area (Å²) in [6.45, 7) is 5.92. The van der Waals surface area contributed by atoms with Gasteiger partial charge in [-0.1, -0.05) is 12.1 Å². The van der Waals surface area contributed by atoms with Crippen molar-refractivity contribution in [2.24, 2.45) is 0 Å². The highest BCUT2D eigenvalue weighted by molar-refractivity contribution is 5.70. The molecular formula is C14H20N2O4. The van der Waals surface area contributed by atoms with E-state index in [1.807, 2.05) is 20.8 Å². The molecule has 0 atom stereocenters. The predicted molar refractivity (Wildman–Crippen MR) is 76.7 cm³/mol. The number of para-hydroxylation sites is 2. The van der Waals surface area contributed by atoms with Crippen LogP contribution in [0.15, 0.2) is 24.3 Å². The zero-order valence-electron chi connectivity index (χ0n) is 12.0. The highest BCUT2D eigenvalue weighted by Gasteiger charge is 2.16. The summed E-state index contributed by atoms with van der Waals surface area (Å²) in [4.78, 5) is 21.9. The van der Waals surface area contributed by atoms with Gasteiger partial charge in [0.1, 0.15) is 11.3 Å². The second kappa shape index (κ2) is 6.88. The third kappa shape index (κ3) is 5.69. The van der Waals surface area contributed by atoms with E-state index >= 15 is 0 Å². The van der Waals surface area contributed by atoms with Crippen LogP contribution < -0.4 is 5.32 Å². The smallest absolute Gasteiger partial charge is 0.306 e. The Bertz CT molecular complexity index is 480. The molecule has 0 aromatic heterocycles. The lowest BCUT2D eigenvalue weighted by atomic mass is 10.2.